The lowest BCUT2D eigenvalue weighted by Crippen LogP contribution is -2.10. The van der Waals surface area contributed by atoms with Crippen LogP contribution in [0, 0.1) is 5.82 Å². The molecule has 0 unspecified atom stereocenters. The van der Waals surface area contributed by atoms with Crippen LogP contribution in [0.4, 0.5) is 4.39 Å². The van der Waals surface area contributed by atoms with Crippen molar-refractivity contribution in [1.82, 2.24) is 0 Å². The van der Waals surface area contributed by atoms with E-state index in [9.17, 15) is 14.0 Å². The molecule has 0 spiro atoms. The van der Waals surface area contributed by atoms with Crippen LogP contribution >= 0.6 is 0 Å². The molecular weight excluding hydrogens is 407 g/mol. The molecule has 166 valence electrons. The van der Waals surface area contributed by atoms with E-state index in [1.807, 2.05) is 0 Å². The summed E-state index contributed by atoms with van der Waals surface area (Å²) in [4.78, 5) is 24.3. The quantitative estimate of drug-likeness (QED) is 0.196. The van der Waals surface area contributed by atoms with Crippen LogP contribution in [0.1, 0.15) is 55.8 Å². The lowest BCUT2D eigenvalue weighted by atomic mass is 10.1. The van der Waals surface area contributed by atoms with Crippen LogP contribution in [-0.2, 0) is 4.79 Å². The van der Waals surface area contributed by atoms with Gasteiger partial charge in [-0.05, 0) is 66.1 Å². The van der Waals surface area contributed by atoms with Gasteiger partial charge < -0.3 is 9.47 Å². The van der Waals surface area contributed by atoms with Gasteiger partial charge in [0.25, 0.3) is 0 Å². The van der Waals surface area contributed by atoms with Gasteiger partial charge in [0, 0.05) is 6.42 Å². The number of carbonyl (C=O) groups excluding carboxylic acids is 2. The van der Waals surface area contributed by atoms with Crippen molar-refractivity contribution in [3.63, 3.8) is 0 Å². The molecule has 0 radical (unpaired) electrons. The van der Waals surface area contributed by atoms with E-state index in [0.717, 1.165) is 30.4 Å². The molecule has 5 heteroatoms. The van der Waals surface area contributed by atoms with E-state index in [0.29, 0.717) is 23.5 Å². The maximum Gasteiger partial charge on any atom is 0.343 e. The fourth-order valence-corrected chi connectivity index (χ4v) is 3.24. The summed E-state index contributed by atoms with van der Waals surface area (Å²) in [7, 11) is 0. The third-order valence-corrected chi connectivity index (χ3v) is 5.05. The first kappa shape index (κ1) is 23.2. The Balaban J connectivity index is 1.50. The number of hydrogen-bond acceptors (Lipinski definition) is 4. The lowest BCUT2D eigenvalue weighted by molar-refractivity contribution is -0.134. The average Bonchev–Trinajstić information content (AvgIpc) is 2.80. The van der Waals surface area contributed by atoms with E-state index in [4.69, 9.17) is 9.47 Å². The molecule has 0 N–H and O–H groups in total. The zero-order chi connectivity index (χ0) is 22.8. The highest BCUT2D eigenvalue weighted by molar-refractivity contribution is 5.91. The van der Waals surface area contributed by atoms with E-state index in [2.05, 4.69) is 6.92 Å². The first-order valence-corrected chi connectivity index (χ1v) is 10.9. The predicted octanol–water partition coefficient (Wildman–Crippen LogP) is 6.98. The fourth-order valence-electron chi connectivity index (χ4n) is 3.24. The summed E-state index contributed by atoms with van der Waals surface area (Å²) in [6.07, 6.45) is 5.73. The highest BCUT2D eigenvalue weighted by Gasteiger charge is 2.11. The Labute approximate surface area is 188 Å². The van der Waals surface area contributed by atoms with Crippen molar-refractivity contribution in [2.75, 3.05) is 0 Å². The van der Waals surface area contributed by atoms with Gasteiger partial charge in [-0.15, -0.1) is 0 Å². The van der Waals surface area contributed by atoms with Crippen molar-refractivity contribution < 1.29 is 23.5 Å². The summed E-state index contributed by atoms with van der Waals surface area (Å²) in [5.41, 5.74) is 2.11. The Morgan fingerprint density at radius 3 is 1.84 bits per heavy atom. The fraction of sp³-hybridized carbons (Fsp3) is 0.259. The SMILES string of the molecule is CCCCCCCC(=O)Oc1ccc(C(=O)Oc2ccc(-c3ccc(F)cc3)cc2)cc1. The largest absolute Gasteiger partial charge is 0.427 e. The molecule has 0 saturated carbocycles. The normalized spacial score (nSPS) is 10.6. The minimum atomic E-state index is -0.506. The van der Waals surface area contributed by atoms with Crippen LogP contribution in [-0.4, -0.2) is 11.9 Å². The van der Waals surface area contributed by atoms with Crippen molar-refractivity contribution in [1.29, 1.82) is 0 Å². The highest BCUT2D eigenvalue weighted by atomic mass is 19.1. The average molecular weight is 435 g/mol. The van der Waals surface area contributed by atoms with Crippen molar-refractivity contribution in [2.45, 2.75) is 45.4 Å². The lowest BCUT2D eigenvalue weighted by Gasteiger charge is -2.08. The first-order chi connectivity index (χ1) is 15.5. The van der Waals surface area contributed by atoms with Gasteiger partial charge in [0.05, 0.1) is 5.56 Å². The summed E-state index contributed by atoms with van der Waals surface area (Å²) in [6.45, 7) is 2.15. The zero-order valence-corrected chi connectivity index (χ0v) is 18.2. The summed E-state index contributed by atoms with van der Waals surface area (Å²) in [5, 5.41) is 0. The Morgan fingerprint density at radius 2 is 1.22 bits per heavy atom. The molecule has 0 aliphatic heterocycles. The molecule has 0 amide bonds. The second-order valence-electron chi connectivity index (χ2n) is 7.58. The van der Waals surface area contributed by atoms with Crippen LogP contribution in [0.15, 0.2) is 72.8 Å². The monoisotopic (exact) mass is 434 g/mol. The van der Waals surface area contributed by atoms with Gasteiger partial charge >= 0.3 is 11.9 Å². The molecule has 0 aliphatic carbocycles. The van der Waals surface area contributed by atoms with Crippen LogP contribution in [0.2, 0.25) is 0 Å². The minimum absolute atomic E-state index is 0.266. The summed E-state index contributed by atoms with van der Waals surface area (Å²) in [6, 6.07) is 19.5. The molecule has 0 aliphatic rings. The number of ether oxygens (including phenoxy) is 2. The Morgan fingerprint density at radius 1 is 0.688 bits per heavy atom. The predicted molar refractivity (Wildman–Crippen MR) is 122 cm³/mol. The Kier molecular flexibility index (Phi) is 8.55. The molecule has 3 rings (SSSR count). The molecule has 0 saturated heterocycles. The minimum Gasteiger partial charge on any atom is -0.427 e. The van der Waals surface area contributed by atoms with Gasteiger partial charge in [-0.25, -0.2) is 9.18 Å². The summed E-state index contributed by atoms with van der Waals surface area (Å²) < 4.78 is 23.8. The smallest absolute Gasteiger partial charge is 0.343 e. The maximum atomic E-state index is 13.1. The van der Waals surface area contributed by atoms with E-state index in [1.54, 1.807) is 60.7 Å². The van der Waals surface area contributed by atoms with E-state index < -0.39 is 5.97 Å². The van der Waals surface area contributed by atoms with Crippen LogP contribution in [0.3, 0.4) is 0 Å². The highest BCUT2D eigenvalue weighted by Crippen LogP contribution is 2.23. The second kappa shape index (κ2) is 11.8. The number of unbranched alkanes of at least 4 members (excludes halogenated alkanes) is 4. The number of rotatable bonds is 10. The number of hydrogen-bond donors (Lipinski definition) is 0. The van der Waals surface area contributed by atoms with E-state index in [1.165, 1.54) is 25.0 Å². The van der Waals surface area contributed by atoms with Crippen molar-refractivity contribution in [3.8, 4) is 22.6 Å². The number of halogens is 1. The molecular formula is C27H27FO4. The Bertz CT molecular complexity index is 1010. The number of esters is 2. The van der Waals surface area contributed by atoms with Crippen LogP contribution in [0.5, 0.6) is 11.5 Å². The molecule has 32 heavy (non-hydrogen) atoms. The molecule has 3 aromatic carbocycles. The molecule has 0 bridgehead atoms. The second-order valence-corrected chi connectivity index (χ2v) is 7.58. The topological polar surface area (TPSA) is 52.6 Å². The standard InChI is InChI=1S/C27H27FO4/c1-2-3-4-5-6-7-26(29)31-24-18-12-22(13-19-24)27(30)32-25-16-10-21(11-17-25)20-8-14-23(28)15-9-20/h8-19H,2-7H2,1H3. The number of carbonyl (C=O) groups is 2. The van der Waals surface area contributed by atoms with Gasteiger partial charge in [0.2, 0.25) is 0 Å². The van der Waals surface area contributed by atoms with Crippen molar-refractivity contribution in [2.24, 2.45) is 0 Å². The van der Waals surface area contributed by atoms with Gasteiger partial charge in [-0.1, -0.05) is 56.9 Å². The van der Waals surface area contributed by atoms with E-state index >= 15 is 0 Å². The summed E-state index contributed by atoms with van der Waals surface area (Å²) >= 11 is 0. The van der Waals surface area contributed by atoms with Crippen LogP contribution < -0.4 is 9.47 Å². The molecule has 0 aromatic heterocycles. The van der Waals surface area contributed by atoms with Crippen molar-refractivity contribution >= 4 is 11.9 Å². The molecule has 0 atom stereocenters. The zero-order valence-electron chi connectivity index (χ0n) is 18.2. The molecule has 4 nitrogen and oxygen atoms in total. The van der Waals surface area contributed by atoms with Gasteiger partial charge in [0.15, 0.2) is 0 Å². The maximum absolute atomic E-state index is 13.1. The first-order valence-electron chi connectivity index (χ1n) is 10.9. The Hall–Kier alpha value is -3.47. The summed E-state index contributed by atoms with van der Waals surface area (Å²) in [5.74, 6) is -0.253. The number of benzene rings is 3. The van der Waals surface area contributed by atoms with Crippen molar-refractivity contribution in [3.05, 3.63) is 84.2 Å². The van der Waals surface area contributed by atoms with Gasteiger partial charge in [-0.2, -0.15) is 0 Å². The van der Waals surface area contributed by atoms with Gasteiger partial charge in [-0.3, -0.25) is 4.79 Å². The van der Waals surface area contributed by atoms with E-state index in [-0.39, 0.29) is 11.8 Å². The molecule has 0 fully saturated rings. The molecule has 3 aromatic rings. The van der Waals surface area contributed by atoms with Crippen LogP contribution in [0.25, 0.3) is 11.1 Å². The third-order valence-electron chi connectivity index (χ3n) is 5.05. The van der Waals surface area contributed by atoms with Gasteiger partial charge in [0.1, 0.15) is 17.3 Å². The third kappa shape index (κ3) is 7.05. The molecule has 0 heterocycles.